The van der Waals surface area contributed by atoms with Crippen molar-refractivity contribution in [2.24, 2.45) is 0 Å². The van der Waals surface area contributed by atoms with Gasteiger partial charge in [0.15, 0.2) is 5.52 Å². The Bertz CT molecular complexity index is 598. The smallest absolute Gasteiger partial charge is 0.276 e. The average molecular weight is 327 g/mol. The molecule has 19 heavy (non-hydrogen) atoms. The number of H-pyrrole nitrogens is 2. The number of nitrogens with zero attached hydrogens (tertiary/aromatic N) is 2. The highest BCUT2D eigenvalue weighted by Crippen LogP contribution is 2.19. The molecule has 2 aromatic rings. The molecule has 0 aliphatic carbocycles. The second-order valence-corrected chi connectivity index (χ2v) is 5.49. The maximum atomic E-state index is 11.9. The SMILES string of the molecule is CCCN(CCC)Cc1cc2c(Br)[nH]nc2c(=O)[nH]1. The molecule has 0 amide bonds. The molecule has 0 radical (unpaired) electrons. The molecule has 0 saturated heterocycles. The maximum Gasteiger partial charge on any atom is 0.276 e. The zero-order valence-corrected chi connectivity index (χ0v) is 12.9. The van der Waals surface area contributed by atoms with Crippen LogP contribution >= 0.6 is 15.9 Å². The molecule has 0 bridgehead atoms. The second-order valence-electron chi connectivity index (χ2n) is 4.70. The van der Waals surface area contributed by atoms with Crippen molar-refractivity contribution in [1.82, 2.24) is 20.1 Å². The number of aromatic amines is 2. The summed E-state index contributed by atoms with van der Waals surface area (Å²) < 4.78 is 0.757. The lowest BCUT2D eigenvalue weighted by Crippen LogP contribution is -2.26. The number of rotatable bonds is 6. The molecule has 2 heterocycles. The Morgan fingerprint density at radius 2 is 2.00 bits per heavy atom. The van der Waals surface area contributed by atoms with Crippen LogP contribution in [0, 0.1) is 0 Å². The molecule has 0 fully saturated rings. The molecular formula is C13H19BrN4O. The fourth-order valence-corrected chi connectivity index (χ4v) is 2.67. The predicted octanol–water partition coefficient (Wildman–Crippen LogP) is 2.64. The monoisotopic (exact) mass is 326 g/mol. The van der Waals surface area contributed by atoms with E-state index in [9.17, 15) is 4.79 Å². The molecule has 104 valence electrons. The van der Waals surface area contributed by atoms with Gasteiger partial charge in [-0.25, -0.2) is 0 Å². The summed E-state index contributed by atoms with van der Waals surface area (Å²) in [6.45, 7) is 7.19. The summed E-state index contributed by atoms with van der Waals surface area (Å²) in [5.41, 5.74) is 1.25. The van der Waals surface area contributed by atoms with Crippen molar-refractivity contribution in [3.8, 4) is 0 Å². The predicted molar refractivity (Wildman–Crippen MR) is 80.3 cm³/mol. The van der Waals surface area contributed by atoms with Gasteiger partial charge in [0.2, 0.25) is 0 Å². The van der Waals surface area contributed by atoms with Gasteiger partial charge in [-0.3, -0.25) is 14.8 Å². The summed E-state index contributed by atoms with van der Waals surface area (Å²) >= 11 is 3.38. The zero-order chi connectivity index (χ0) is 13.8. The summed E-state index contributed by atoms with van der Waals surface area (Å²) in [6, 6.07) is 1.99. The molecule has 6 heteroatoms. The summed E-state index contributed by atoms with van der Waals surface area (Å²) in [5.74, 6) is 0. The van der Waals surface area contributed by atoms with Crippen LogP contribution in [0.25, 0.3) is 10.9 Å². The Hall–Kier alpha value is -1.14. The highest BCUT2D eigenvalue weighted by Gasteiger charge is 2.10. The third-order valence-corrected chi connectivity index (χ3v) is 3.64. The van der Waals surface area contributed by atoms with Gasteiger partial charge in [0, 0.05) is 17.6 Å². The van der Waals surface area contributed by atoms with Crippen LogP contribution in [0.2, 0.25) is 0 Å². The van der Waals surface area contributed by atoms with Gasteiger partial charge in [-0.05, 0) is 47.9 Å². The van der Waals surface area contributed by atoms with E-state index in [4.69, 9.17) is 0 Å². The number of halogens is 1. The summed E-state index contributed by atoms with van der Waals surface area (Å²) in [6.07, 6.45) is 2.23. The lowest BCUT2D eigenvalue weighted by Gasteiger charge is -2.20. The van der Waals surface area contributed by atoms with Gasteiger partial charge in [-0.2, -0.15) is 5.10 Å². The average Bonchev–Trinajstić information content (AvgIpc) is 2.73. The summed E-state index contributed by atoms with van der Waals surface area (Å²) in [4.78, 5) is 17.2. The van der Waals surface area contributed by atoms with Crippen LogP contribution in [0.3, 0.4) is 0 Å². The van der Waals surface area contributed by atoms with Gasteiger partial charge in [0.25, 0.3) is 5.56 Å². The number of hydrogen-bond donors (Lipinski definition) is 2. The maximum absolute atomic E-state index is 11.9. The molecule has 5 nitrogen and oxygen atoms in total. The van der Waals surface area contributed by atoms with E-state index in [1.165, 1.54) is 0 Å². The molecule has 0 saturated carbocycles. The number of nitrogens with one attached hydrogen (secondary N) is 2. The van der Waals surface area contributed by atoms with Crippen molar-refractivity contribution in [3.63, 3.8) is 0 Å². The lowest BCUT2D eigenvalue weighted by atomic mass is 10.2. The van der Waals surface area contributed by atoms with E-state index in [-0.39, 0.29) is 5.56 Å². The second kappa shape index (κ2) is 6.34. The minimum atomic E-state index is -0.137. The number of aromatic nitrogens is 3. The van der Waals surface area contributed by atoms with E-state index in [2.05, 4.69) is 49.9 Å². The van der Waals surface area contributed by atoms with E-state index in [0.717, 1.165) is 48.2 Å². The van der Waals surface area contributed by atoms with Gasteiger partial charge in [-0.15, -0.1) is 0 Å². The highest BCUT2D eigenvalue weighted by atomic mass is 79.9. The first-order chi connectivity index (χ1) is 9.15. The molecule has 0 unspecified atom stereocenters. The first-order valence-corrected chi connectivity index (χ1v) is 7.43. The van der Waals surface area contributed by atoms with Crippen LogP contribution in [0.1, 0.15) is 32.4 Å². The van der Waals surface area contributed by atoms with Crippen molar-refractivity contribution >= 4 is 26.8 Å². The molecule has 0 aliphatic rings. The quantitative estimate of drug-likeness (QED) is 0.857. The molecule has 2 rings (SSSR count). The van der Waals surface area contributed by atoms with E-state index >= 15 is 0 Å². The van der Waals surface area contributed by atoms with Crippen LogP contribution in [0.5, 0.6) is 0 Å². The lowest BCUT2D eigenvalue weighted by molar-refractivity contribution is 0.263. The van der Waals surface area contributed by atoms with E-state index in [1.807, 2.05) is 6.07 Å². The van der Waals surface area contributed by atoms with Gasteiger partial charge >= 0.3 is 0 Å². The van der Waals surface area contributed by atoms with Crippen LogP contribution in [-0.4, -0.2) is 33.2 Å². The van der Waals surface area contributed by atoms with Gasteiger partial charge in [-0.1, -0.05) is 13.8 Å². The Morgan fingerprint density at radius 1 is 1.32 bits per heavy atom. The van der Waals surface area contributed by atoms with Crippen LogP contribution in [-0.2, 0) is 6.54 Å². The molecule has 0 atom stereocenters. The summed E-state index contributed by atoms with van der Waals surface area (Å²) in [5, 5.41) is 7.60. The van der Waals surface area contributed by atoms with Gasteiger partial charge < -0.3 is 4.98 Å². The standard InChI is InChI=1S/C13H19BrN4O/c1-3-5-18(6-4-2)8-9-7-10-11(13(19)15-9)16-17-12(10)14/h7H,3-6,8H2,1-2H3,(H,15,19)(H,16,17). The van der Waals surface area contributed by atoms with Gasteiger partial charge in [0.1, 0.15) is 4.60 Å². The minimum Gasteiger partial charge on any atom is -0.323 e. The number of hydrogen-bond acceptors (Lipinski definition) is 3. The zero-order valence-electron chi connectivity index (χ0n) is 11.3. The molecule has 2 aromatic heterocycles. The van der Waals surface area contributed by atoms with Crippen LogP contribution in [0.15, 0.2) is 15.5 Å². The topological polar surface area (TPSA) is 64.8 Å². The fraction of sp³-hybridized carbons (Fsp3) is 0.538. The van der Waals surface area contributed by atoms with Crippen molar-refractivity contribution < 1.29 is 0 Å². The molecule has 0 aliphatic heterocycles. The molecule has 0 aromatic carbocycles. The van der Waals surface area contributed by atoms with Crippen molar-refractivity contribution in [2.75, 3.05) is 13.1 Å². The normalized spacial score (nSPS) is 11.6. The Labute approximate surface area is 120 Å². The van der Waals surface area contributed by atoms with E-state index in [1.54, 1.807) is 0 Å². The highest BCUT2D eigenvalue weighted by molar-refractivity contribution is 9.10. The van der Waals surface area contributed by atoms with Gasteiger partial charge in [0.05, 0.1) is 0 Å². The first kappa shape index (κ1) is 14.3. The number of fused-ring (bicyclic) bond motifs is 1. The molecular weight excluding hydrogens is 308 g/mol. The molecule has 2 N–H and O–H groups in total. The number of pyridine rings is 1. The van der Waals surface area contributed by atoms with Crippen molar-refractivity contribution in [1.29, 1.82) is 0 Å². The fourth-order valence-electron chi connectivity index (χ4n) is 2.28. The molecule has 0 spiro atoms. The Balaban J connectivity index is 2.29. The summed E-state index contributed by atoms with van der Waals surface area (Å²) in [7, 11) is 0. The largest absolute Gasteiger partial charge is 0.323 e. The van der Waals surface area contributed by atoms with Crippen LogP contribution < -0.4 is 5.56 Å². The third kappa shape index (κ3) is 3.25. The van der Waals surface area contributed by atoms with E-state index in [0.29, 0.717) is 5.52 Å². The minimum absolute atomic E-state index is 0.137. The van der Waals surface area contributed by atoms with E-state index < -0.39 is 0 Å². The first-order valence-electron chi connectivity index (χ1n) is 6.63. The van der Waals surface area contributed by atoms with Crippen molar-refractivity contribution in [3.05, 3.63) is 26.7 Å². The van der Waals surface area contributed by atoms with Crippen molar-refractivity contribution in [2.45, 2.75) is 33.2 Å². The Morgan fingerprint density at radius 3 is 2.63 bits per heavy atom. The van der Waals surface area contributed by atoms with Crippen LogP contribution in [0.4, 0.5) is 0 Å². The Kier molecular flexibility index (Phi) is 4.76. The third-order valence-electron chi connectivity index (χ3n) is 3.04.